The van der Waals surface area contributed by atoms with E-state index in [4.69, 9.17) is 0 Å². The predicted octanol–water partition coefficient (Wildman–Crippen LogP) is 3.22. The summed E-state index contributed by atoms with van der Waals surface area (Å²) in [4.78, 5) is 0. The van der Waals surface area contributed by atoms with Crippen LogP contribution in [0.1, 0.15) is 43.0 Å². The van der Waals surface area contributed by atoms with E-state index in [-0.39, 0.29) is 5.41 Å². The van der Waals surface area contributed by atoms with Crippen molar-refractivity contribution >= 4 is 0 Å². The molecular weight excluding hydrogens is 196 g/mol. The van der Waals surface area contributed by atoms with E-state index in [2.05, 4.69) is 54.4 Å². The molecule has 0 aliphatic heterocycles. The lowest BCUT2D eigenvalue weighted by molar-refractivity contribution is 0.483. The second-order valence-electron chi connectivity index (χ2n) is 5.25. The van der Waals surface area contributed by atoms with E-state index < -0.39 is 0 Å². The summed E-state index contributed by atoms with van der Waals surface area (Å²) in [5, 5.41) is 7.35. The van der Waals surface area contributed by atoms with Gasteiger partial charge in [0.05, 0.1) is 6.20 Å². The molecule has 1 aromatic heterocycles. The molecule has 1 N–H and O–H groups in total. The third kappa shape index (κ3) is 1.29. The fourth-order valence-electron chi connectivity index (χ4n) is 2.81. The number of aromatic amines is 1. The minimum absolute atomic E-state index is 0.215. The average Bonchev–Trinajstić information content (AvgIpc) is 2.84. The van der Waals surface area contributed by atoms with Gasteiger partial charge < -0.3 is 0 Å². The second-order valence-corrected chi connectivity index (χ2v) is 5.25. The van der Waals surface area contributed by atoms with Crippen LogP contribution in [0.3, 0.4) is 0 Å². The zero-order chi connectivity index (χ0) is 11.2. The molecule has 16 heavy (non-hydrogen) atoms. The molecule has 0 saturated heterocycles. The number of H-pyrrole nitrogens is 1. The summed E-state index contributed by atoms with van der Waals surface area (Å²) in [6.07, 6.45) is 3.16. The number of aromatic nitrogens is 2. The van der Waals surface area contributed by atoms with Crippen molar-refractivity contribution in [2.45, 2.75) is 31.6 Å². The van der Waals surface area contributed by atoms with Crippen LogP contribution in [0.4, 0.5) is 0 Å². The quantitative estimate of drug-likeness (QED) is 0.772. The van der Waals surface area contributed by atoms with Crippen molar-refractivity contribution in [3.05, 3.63) is 53.3 Å². The molecule has 3 rings (SSSR count). The second kappa shape index (κ2) is 3.21. The maximum atomic E-state index is 4.19. The molecule has 2 aromatic rings. The van der Waals surface area contributed by atoms with Gasteiger partial charge in [-0.2, -0.15) is 5.10 Å². The lowest BCUT2D eigenvalue weighted by Gasteiger charge is -2.18. The van der Waals surface area contributed by atoms with Gasteiger partial charge in [-0.1, -0.05) is 44.2 Å². The van der Waals surface area contributed by atoms with Gasteiger partial charge in [0.15, 0.2) is 0 Å². The van der Waals surface area contributed by atoms with Crippen LogP contribution in [-0.2, 0) is 5.41 Å². The smallest absolute Gasteiger partial charge is 0.0528 e. The number of fused-ring (bicyclic) bond motifs is 1. The number of hydrogen-bond acceptors (Lipinski definition) is 1. The summed E-state index contributed by atoms with van der Waals surface area (Å²) in [5.74, 6) is 0.505. The van der Waals surface area contributed by atoms with Gasteiger partial charge in [-0.05, 0) is 12.0 Å². The highest BCUT2D eigenvalue weighted by Crippen LogP contribution is 2.47. The van der Waals surface area contributed by atoms with E-state index in [1.165, 1.54) is 23.2 Å². The summed E-state index contributed by atoms with van der Waals surface area (Å²) in [7, 11) is 0. The molecule has 0 bridgehead atoms. The molecule has 0 fully saturated rings. The Balaban J connectivity index is 2.09. The number of benzene rings is 1. The Morgan fingerprint density at radius 1 is 1.25 bits per heavy atom. The van der Waals surface area contributed by atoms with E-state index in [9.17, 15) is 0 Å². The standard InChI is InChI=1S/C14H16N2/c1-14(2)8-11(10-6-4-3-5-7-10)12-9-15-16-13(12)14/h3-7,9,11H,8H2,1-2H3,(H,15,16). The Morgan fingerprint density at radius 3 is 2.75 bits per heavy atom. The minimum Gasteiger partial charge on any atom is -0.282 e. The largest absolute Gasteiger partial charge is 0.282 e. The number of nitrogens with zero attached hydrogens (tertiary/aromatic N) is 1. The maximum Gasteiger partial charge on any atom is 0.0528 e. The fourth-order valence-corrected chi connectivity index (χ4v) is 2.81. The molecule has 1 heterocycles. The normalized spacial score (nSPS) is 22.0. The van der Waals surface area contributed by atoms with Gasteiger partial charge in [-0.15, -0.1) is 0 Å². The van der Waals surface area contributed by atoms with Crippen LogP contribution in [0.2, 0.25) is 0 Å². The molecule has 0 spiro atoms. The SMILES string of the molecule is CC1(C)CC(c2ccccc2)c2cn[nH]c21. The minimum atomic E-state index is 0.215. The molecule has 1 aliphatic rings. The molecule has 1 unspecified atom stereocenters. The number of rotatable bonds is 1. The average molecular weight is 212 g/mol. The van der Waals surface area contributed by atoms with E-state index >= 15 is 0 Å². The summed E-state index contributed by atoms with van der Waals surface area (Å²) in [6.45, 7) is 4.57. The highest BCUT2D eigenvalue weighted by atomic mass is 15.1. The lowest BCUT2D eigenvalue weighted by atomic mass is 9.87. The lowest BCUT2D eigenvalue weighted by Crippen LogP contribution is -2.13. The van der Waals surface area contributed by atoms with Crippen LogP contribution in [-0.4, -0.2) is 10.2 Å². The molecule has 1 atom stereocenters. The number of nitrogens with one attached hydrogen (secondary N) is 1. The van der Waals surface area contributed by atoms with Crippen molar-refractivity contribution in [3.63, 3.8) is 0 Å². The number of hydrogen-bond donors (Lipinski definition) is 1. The summed E-state index contributed by atoms with van der Waals surface area (Å²) >= 11 is 0. The van der Waals surface area contributed by atoms with Crippen molar-refractivity contribution in [3.8, 4) is 0 Å². The van der Waals surface area contributed by atoms with Crippen molar-refractivity contribution in [1.29, 1.82) is 0 Å². The molecule has 82 valence electrons. The molecule has 1 aliphatic carbocycles. The first-order valence-electron chi connectivity index (χ1n) is 5.77. The van der Waals surface area contributed by atoms with Gasteiger partial charge in [0.2, 0.25) is 0 Å². The van der Waals surface area contributed by atoms with Crippen LogP contribution in [0, 0.1) is 0 Å². The summed E-state index contributed by atoms with van der Waals surface area (Å²) < 4.78 is 0. The Morgan fingerprint density at radius 2 is 2.00 bits per heavy atom. The van der Waals surface area contributed by atoms with Crippen LogP contribution in [0.5, 0.6) is 0 Å². The summed E-state index contributed by atoms with van der Waals surface area (Å²) in [5.41, 5.74) is 4.29. The van der Waals surface area contributed by atoms with Crippen LogP contribution in [0.15, 0.2) is 36.5 Å². The molecule has 2 heteroatoms. The Labute approximate surface area is 95.7 Å². The third-order valence-corrected chi connectivity index (χ3v) is 3.64. The van der Waals surface area contributed by atoms with E-state index in [1.807, 2.05) is 6.20 Å². The third-order valence-electron chi connectivity index (χ3n) is 3.64. The zero-order valence-corrected chi connectivity index (χ0v) is 9.70. The van der Waals surface area contributed by atoms with E-state index in [0.717, 1.165) is 0 Å². The van der Waals surface area contributed by atoms with E-state index in [0.29, 0.717) is 5.92 Å². The van der Waals surface area contributed by atoms with Crippen molar-refractivity contribution < 1.29 is 0 Å². The van der Waals surface area contributed by atoms with E-state index in [1.54, 1.807) is 0 Å². The molecule has 1 aromatic carbocycles. The van der Waals surface area contributed by atoms with Crippen LogP contribution < -0.4 is 0 Å². The maximum absolute atomic E-state index is 4.19. The molecule has 0 saturated carbocycles. The van der Waals surface area contributed by atoms with Gasteiger partial charge in [-0.25, -0.2) is 0 Å². The van der Waals surface area contributed by atoms with Crippen LogP contribution in [0.25, 0.3) is 0 Å². The fraction of sp³-hybridized carbons (Fsp3) is 0.357. The predicted molar refractivity (Wildman–Crippen MR) is 64.5 cm³/mol. The Kier molecular flexibility index (Phi) is 1.93. The van der Waals surface area contributed by atoms with Crippen molar-refractivity contribution in [2.24, 2.45) is 0 Å². The zero-order valence-electron chi connectivity index (χ0n) is 9.70. The molecule has 0 radical (unpaired) electrons. The van der Waals surface area contributed by atoms with Crippen molar-refractivity contribution in [1.82, 2.24) is 10.2 Å². The highest BCUT2D eigenvalue weighted by Gasteiger charge is 2.39. The van der Waals surface area contributed by atoms with Crippen LogP contribution >= 0.6 is 0 Å². The first kappa shape index (κ1) is 9.64. The Bertz CT molecular complexity index is 496. The van der Waals surface area contributed by atoms with Gasteiger partial charge >= 0.3 is 0 Å². The highest BCUT2D eigenvalue weighted by molar-refractivity contribution is 5.42. The van der Waals surface area contributed by atoms with Gasteiger partial charge in [0.25, 0.3) is 0 Å². The molecule has 2 nitrogen and oxygen atoms in total. The molecule has 0 amide bonds. The van der Waals surface area contributed by atoms with Gasteiger partial charge in [-0.3, -0.25) is 5.10 Å². The van der Waals surface area contributed by atoms with Gasteiger partial charge in [0, 0.05) is 22.6 Å². The molecular formula is C14H16N2. The summed E-state index contributed by atoms with van der Waals surface area (Å²) in [6, 6.07) is 10.7. The first-order chi connectivity index (χ1) is 7.68. The van der Waals surface area contributed by atoms with Crippen molar-refractivity contribution in [2.75, 3.05) is 0 Å². The topological polar surface area (TPSA) is 28.7 Å². The Hall–Kier alpha value is -1.57. The first-order valence-corrected chi connectivity index (χ1v) is 5.77. The monoisotopic (exact) mass is 212 g/mol. The van der Waals surface area contributed by atoms with Gasteiger partial charge in [0.1, 0.15) is 0 Å².